The predicted octanol–water partition coefficient (Wildman–Crippen LogP) is 4.16. The highest BCUT2D eigenvalue weighted by Crippen LogP contribution is 2.33. The first-order valence-corrected chi connectivity index (χ1v) is 10.1. The lowest BCUT2D eigenvalue weighted by molar-refractivity contribution is 0.0531. The number of carbonyl (C=O) groups excluding carboxylic acids is 4. The fourth-order valence-corrected chi connectivity index (χ4v) is 4.00. The fraction of sp³-hybridized carbons (Fsp3) is 0.455. The zero-order valence-corrected chi connectivity index (χ0v) is 17.3. The number of carbonyl (C=O) groups is 4. The van der Waals surface area contributed by atoms with E-state index in [4.69, 9.17) is 9.47 Å². The normalized spacial score (nSPS) is 16.1. The largest absolute Gasteiger partial charge is 0.443 e. The molecule has 2 aliphatic carbocycles. The van der Waals surface area contributed by atoms with Crippen LogP contribution in [0.5, 0.6) is 5.75 Å². The van der Waals surface area contributed by atoms with Crippen LogP contribution in [0, 0.1) is 0 Å². The molecule has 0 N–H and O–H groups in total. The van der Waals surface area contributed by atoms with Gasteiger partial charge in [-0.05, 0) is 52.5 Å². The van der Waals surface area contributed by atoms with Crippen LogP contribution in [0.3, 0.4) is 0 Å². The number of rotatable bonds is 1. The minimum Gasteiger partial charge on any atom is -0.443 e. The lowest BCUT2D eigenvalue weighted by Crippen LogP contribution is -2.28. The Labute approximate surface area is 173 Å². The monoisotopic (exact) mass is 412 g/mol. The topological polar surface area (TPSA) is 96.6 Å². The van der Waals surface area contributed by atoms with Crippen molar-refractivity contribution >= 4 is 23.8 Å². The van der Waals surface area contributed by atoms with E-state index in [0.717, 1.165) is 0 Å². The van der Waals surface area contributed by atoms with E-state index in [0.29, 0.717) is 55.5 Å². The predicted molar refractivity (Wildman–Crippen MR) is 106 cm³/mol. The van der Waals surface area contributed by atoms with E-state index in [2.05, 4.69) is 0 Å². The molecule has 2 aromatic rings. The minimum atomic E-state index is -0.714. The Kier molecular flexibility index (Phi) is 4.88. The summed E-state index contributed by atoms with van der Waals surface area (Å²) in [5.41, 5.74) is 1.18. The first kappa shape index (κ1) is 20.1. The molecule has 0 radical (unpaired) electrons. The lowest BCUT2D eigenvalue weighted by atomic mass is 9.96. The molecule has 0 bridgehead atoms. The summed E-state index contributed by atoms with van der Waals surface area (Å²) in [7, 11) is 0. The average molecular weight is 412 g/mol. The summed E-state index contributed by atoms with van der Waals surface area (Å²) in [5, 5.41) is 0. The summed E-state index contributed by atoms with van der Waals surface area (Å²) in [6.07, 6.45) is 4.69. The Morgan fingerprint density at radius 2 is 1.57 bits per heavy atom. The van der Waals surface area contributed by atoms with Gasteiger partial charge in [0.2, 0.25) is 0 Å². The number of ether oxygens (including phenoxy) is 2. The first-order valence-electron chi connectivity index (χ1n) is 10.1. The van der Waals surface area contributed by atoms with Crippen molar-refractivity contribution in [2.45, 2.75) is 64.9 Å². The highest BCUT2D eigenvalue weighted by Gasteiger charge is 2.32. The Bertz CT molecular complexity index is 1070. The van der Waals surface area contributed by atoms with Crippen molar-refractivity contribution in [1.29, 1.82) is 0 Å². The van der Waals surface area contributed by atoms with Crippen LogP contribution in [0.2, 0.25) is 0 Å². The zero-order chi connectivity index (χ0) is 21.6. The Balaban J connectivity index is 1.68. The number of nitrogens with zero attached hydrogens (tertiary/aromatic N) is 2. The van der Waals surface area contributed by atoms with E-state index in [1.54, 1.807) is 26.8 Å². The number of ketones is 2. The molecule has 0 atom stereocenters. The second-order valence-corrected chi connectivity index (χ2v) is 8.63. The number of fused-ring (bicyclic) bond motifs is 2. The summed E-state index contributed by atoms with van der Waals surface area (Å²) in [4.78, 5) is 50.1. The van der Waals surface area contributed by atoms with Crippen LogP contribution in [0.4, 0.5) is 9.59 Å². The third-order valence-electron chi connectivity index (χ3n) is 5.26. The van der Waals surface area contributed by atoms with Crippen molar-refractivity contribution in [3.63, 3.8) is 0 Å². The average Bonchev–Trinajstić information content (AvgIpc) is 3.24. The maximum Gasteiger partial charge on any atom is 0.423 e. The quantitative estimate of drug-likeness (QED) is 0.698. The molecule has 8 heteroatoms. The number of hydrogen-bond acceptors (Lipinski definition) is 6. The molecule has 0 saturated heterocycles. The first-order chi connectivity index (χ1) is 14.2. The van der Waals surface area contributed by atoms with Gasteiger partial charge >= 0.3 is 12.2 Å². The molecule has 2 aromatic heterocycles. The number of Topliss-reactive ketones (excluding diaryl/α,β-unsaturated/α-hetero) is 2. The summed E-state index contributed by atoms with van der Waals surface area (Å²) < 4.78 is 13.5. The van der Waals surface area contributed by atoms with E-state index >= 15 is 0 Å². The standard InChI is InChI=1S/C22H24N2O6/c1-22(2,3)30-21(28)24-12-18(19-15(24)7-5-9-17(19)26)29-20(27)23-11-10-13-14(23)6-4-8-16(13)25/h10-12H,4-9H2,1-3H3. The number of aromatic nitrogens is 2. The third-order valence-corrected chi connectivity index (χ3v) is 5.26. The second kappa shape index (κ2) is 7.27. The zero-order valence-electron chi connectivity index (χ0n) is 17.3. The molecule has 0 aromatic carbocycles. The Morgan fingerprint density at radius 1 is 0.900 bits per heavy atom. The summed E-state index contributed by atoms with van der Waals surface area (Å²) in [5.74, 6) is -0.132. The van der Waals surface area contributed by atoms with Crippen molar-refractivity contribution in [3.05, 3.63) is 41.0 Å². The van der Waals surface area contributed by atoms with Crippen LogP contribution >= 0.6 is 0 Å². The molecule has 0 unspecified atom stereocenters. The highest BCUT2D eigenvalue weighted by molar-refractivity contribution is 6.03. The van der Waals surface area contributed by atoms with Gasteiger partial charge in [-0.3, -0.25) is 18.7 Å². The second-order valence-electron chi connectivity index (χ2n) is 8.63. The van der Waals surface area contributed by atoms with Crippen LogP contribution in [-0.4, -0.2) is 38.5 Å². The molecular formula is C22H24N2O6. The van der Waals surface area contributed by atoms with Crippen LogP contribution in [-0.2, 0) is 17.6 Å². The van der Waals surface area contributed by atoms with Gasteiger partial charge in [0.1, 0.15) is 5.60 Å². The molecule has 158 valence electrons. The van der Waals surface area contributed by atoms with Gasteiger partial charge in [-0.15, -0.1) is 0 Å². The lowest BCUT2D eigenvalue weighted by Gasteiger charge is -2.21. The van der Waals surface area contributed by atoms with Crippen molar-refractivity contribution in [3.8, 4) is 5.75 Å². The molecule has 0 amide bonds. The summed E-state index contributed by atoms with van der Waals surface area (Å²) in [6, 6.07) is 1.62. The van der Waals surface area contributed by atoms with E-state index in [9.17, 15) is 19.2 Å². The number of hydrogen-bond donors (Lipinski definition) is 0. The Hall–Kier alpha value is -3.16. The highest BCUT2D eigenvalue weighted by atomic mass is 16.6. The minimum absolute atomic E-state index is 0.00596. The molecule has 2 aliphatic rings. The van der Waals surface area contributed by atoms with Crippen LogP contribution < -0.4 is 4.74 Å². The van der Waals surface area contributed by atoms with E-state index < -0.39 is 17.8 Å². The molecule has 0 aliphatic heterocycles. The van der Waals surface area contributed by atoms with Gasteiger partial charge in [-0.25, -0.2) is 9.59 Å². The molecule has 0 fully saturated rings. The van der Waals surface area contributed by atoms with Gasteiger partial charge in [0.25, 0.3) is 0 Å². The van der Waals surface area contributed by atoms with Crippen LogP contribution in [0.25, 0.3) is 0 Å². The van der Waals surface area contributed by atoms with Gasteiger partial charge in [-0.2, -0.15) is 0 Å². The maximum absolute atomic E-state index is 12.8. The van der Waals surface area contributed by atoms with Crippen molar-refractivity contribution in [1.82, 2.24) is 9.13 Å². The molecule has 0 saturated carbocycles. The van der Waals surface area contributed by atoms with Gasteiger partial charge in [0.05, 0.1) is 11.8 Å². The summed E-state index contributed by atoms with van der Waals surface area (Å²) in [6.45, 7) is 5.26. The summed E-state index contributed by atoms with van der Waals surface area (Å²) >= 11 is 0. The molecular weight excluding hydrogens is 388 g/mol. The molecule has 2 heterocycles. The van der Waals surface area contributed by atoms with Crippen LogP contribution in [0.1, 0.15) is 78.6 Å². The van der Waals surface area contributed by atoms with Crippen molar-refractivity contribution in [2.24, 2.45) is 0 Å². The smallest absolute Gasteiger partial charge is 0.423 e. The molecule has 30 heavy (non-hydrogen) atoms. The molecule has 4 rings (SSSR count). The SMILES string of the molecule is CC(C)(C)OC(=O)n1cc(OC(=O)n2ccc3c2CCCC3=O)c2c1CCCC2=O. The third kappa shape index (κ3) is 3.58. The van der Waals surface area contributed by atoms with Gasteiger partial charge in [0, 0.05) is 36.0 Å². The van der Waals surface area contributed by atoms with Crippen molar-refractivity contribution in [2.75, 3.05) is 0 Å². The van der Waals surface area contributed by atoms with E-state index in [1.807, 2.05) is 0 Å². The maximum atomic E-state index is 12.8. The van der Waals surface area contributed by atoms with E-state index in [-0.39, 0.29) is 22.9 Å². The van der Waals surface area contributed by atoms with Gasteiger partial charge in [-0.1, -0.05) is 0 Å². The fourth-order valence-electron chi connectivity index (χ4n) is 4.00. The van der Waals surface area contributed by atoms with Crippen LogP contribution in [0.15, 0.2) is 18.5 Å². The van der Waals surface area contributed by atoms with E-state index in [1.165, 1.54) is 21.5 Å². The Morgan fingerprint density at radius 3 is 2.27 bits per heavy atom. The molecule has 0 spiro atoms. The van der Waals surface area contributed by atoms with Gasteiger partial charge < -0.3 is 9.47 Å². The van der Waals surface area contributed by atoms with Crippen molar-refractivity contribution < 1.29 is 28.7 Å². The van der Waals surface area contributed by atoms with Gasteiger partial charge in [0.15, 0.2) is 17.3 Å². The molecule has 8 nitrogen and oxygen atoms in total.